The average molecular weight is 282 g/mol. The number of carbonyl (C=O) groups excluding carboxylic acids is 1. The van der Waals surface area contributed by atoms with Crippen molar-refractivity contribution in [3.05, 3.63) is 24.3 Å². The molecule has 0 radical (unpaired) electrons. The van der Waals surface area contributed by atoms with Crippen LogP contribution in [0.15, 0.2) is 24.3 Å². The van der Waals surface area contributed by atoms with Gasteiger partial charge < -0.3 is 15.2 Å². The third kappa shape index (κ3) is 3.00. The van der Waals surface area contributed by atoms with E-state index in [1.807, 2.05) is 24.3 Å². The number of amides is 1. The molecule has 3 rings (SSSR count). The Labute approximate surface area is 123 Å². The van der Waals surface area contributed by atoms with Gasteiger partial charge in [-0.25, -0.2) is 4.98 Å². The Kier molecular flexibility index (Phi) is 3.78. The van der Waals surface area contributed by atoms with E-state index in [0.717, 1.165) is 42.9 Å². The maximum atomic E-state index is 11.5. The predicted octanol–water partition coefficient (Wildman–Crippen LogP) is 1.67. The summed E-state index contributed by atoms with van der Waals surface area (Å²) in [6.45, 7) is 3.43. The summed E-state index contributed by atoms with van der Waals surface area (Å²) in [5, 5.41) is 2.95. The Hall–Kier alpha value is -2.48. The van der Waals surface area contributed by atoms with Crippen LogP contribution in [-0.4, -0.2) is 35.0 Å². The molecule has 0 saturated carbocycles. The predicted molar refractivity (Wildman–Crippen MR) is 82.9 cm³/mol. The summed E-state index contributed by atoms with van der Waals surface area (Å²) in [6, 6.07) is 8.23. The third-order valence-corrected chi connectivity index (χ3v) is 3.75. The molecule has 2 N–H and O–H groups in total. The van der Waals surface area contributed by atoms with Gasteiger partial charge in [0.05, 0.1) is 11.0 Å². The number of piperidine rings is 1. The number of aromatic amines is 1. The van der Waals surface area contributed by atoms with Crippen LogP contribution in [0.25, 0.3) is 11.0 Å². The maximum Gasteiger partial charge on any atom is 0.296 e. The number of hydrogen-bond donors (Lipinski definition) is 2. The van der Waals surface area contributed by atoms with Gasteiger partial charge in [0, 0.05) is 19.1 Å². The second-order valence-corrected chi connectivity index (χ2v) is 5.19. The fraction of sp³-hybridized carbons (Fsp3) is 0.375. The van der Waals surface area contributed by atoms with Crippen molar-refractivity contribution in [1.82, 2.24) is 15.3 Å². The number of anilines is 1. The van der Waals surface area contributed by atoms with Gasteiger partial charge >= 0.3 is 0 Å². The largest absolute Gasteiger partial charge is 0.342 e. The van der Waals surface area contributed by atoms with Crippen LogP contribution in [-0.2, 0) is 4.79 Å². The first-order valence-electron chi connectivity index (χ1n) is 7.19. The van der Waals surface area contributed by atoms with E-state index in [4.69, 9.17) is 0 Å². The summed E-state index contributed by atoms with van der Waals surface area (Å²) in [5.74, 6) is 5.87. The van der Waals surface area contributed by atoms with Crippen LogP contribution in [0.1, 0.15) is 19.8 Å². The molecule has 1 aromatic carbocycles. The van der Waals surface area contributed by atoms with Crippen molar-refractivity contribution in [3.63, 3.8) is 0 Å². The van der Waals surface area contributed by atoms with E-state index in [-0.39, 0.29) is 11.9 Å². The minimum Gasteiger partial charge on any atom is -0.342 e. The monoisotopic (exact) mass is 282 g/mol. The first-order valence-corrected chi connectivity index (χ1v) is 7.19. The van der Waals surface area contributed by atoms with Gasteiger partial charge in [-0.05, 0) is 37.8 Å². The van der Waals surface area contributed by atoms with Crippen molar-refractivity contribution in [3.8, 4) is 11.8 Å². The smallest absolute Gasteiger partial charge is 0.296 e. The van der Waals surface area contributed by atoms with E-state index in [9.17, 15) is 4.79 Å². The van der Waals surface area contributed by atoms with Crippen molar-refractivity contribution >= 4 is 22.9 Å². The molecule has 0 unspecified atom stereocenters. The first-order chi connectivity index (χ1) is 10.3. The molecule has 1 saturated heterocycles. The van der Waals surface area contributed by atoms with E-state index in [2.05, 4.69) is 32.0 Å². The van der Waals surface area contributed by atoms with Gasteiger partial charge in [0.1, 0.15) is 0 Å². The lowest BCUT2D eigenvalue weighted by Crippen LogP contribution is -2.44. The van der Waals surface area contributed by atoms with E-state index >= 15 is 0 Å². The van der Waals surface area contributed by atoms with Crippen LogP contribution in [0, 0.1) is 11.8 Å². The molecular formula is C16H18N4O. The van der Waals surface area contributed by atoms with E-state index in [0.29, 0.717) is 0 Å². The Bertz CT molecular complexity index is 669. The summed E-state index contributed by atoms with van der Waals surface area (Å²) in [5.41, 5.74) is 2.04. The number of rotatable bonds is 2. The Morgan fingerprint density at radius 3 is 2.86 bits per heavy atom. The molecule has 0 atom stereocenters. The molecule has 5 heteroatoms. The van der Waals surface area contributed by atoms with Gasteiger partial charge in [-0.3, -0.25) is 4.79 Å². The standard InChI is InChI=1S/C16H18N4O/c1-2-5-15(21)17-12-8-10-20(11-9-12)16-18-13-6-3-4-7-14(13)19-16/h3-4,6-7,12H,8-11H2,1H3,(H,17,21)(H,18,19). The molecule has 0 spiro atoms. The van der Waals surface area contributed by atoms with Crippen molar-refractivity contribution < 1.29 is 4.79 Å². The summed E-state index contributed by atoms with van der Waals surface area (Å²) in [7, 11) is 0. The zero-order chi connectivity index (χ0) is 14.7. The van der Waals surface area contributed by atoms with Crippen molar-refractivity contribution in [2.75, 3.05) is 18.0 Å². The van der Waals surface area contributed by atoms with E-state index in [1.54, 1.807) is 6.92 Å². The molecule has 0 bridgehead atoms. The second-order valence-electron chi connectivity index (χ2n) is 5.19. The average Bonchev–Trinajstić information content (AvgIpc) is 2.92. The lowest BCUT2D eigenvalue weighted by atomic mass is 10.1. The second kappa shape index (κ2) is 5.88. The number of benzene rings is 1. The van der Waals surface area contributed by atoms with Gasteiger partial charge in [0.25, 0.3) is 5.91 Å². The molecule has 1 fully saturated rings. The molecule has 108 valence electrons. The van der Waals surface area contributed by atoms with Crippen molar-refractivity contribution in [1.29, 1.82) is 0 Å². The quantitative estimate of drug-likeness (QED) is 0.824. The highest BCUT2D eigenvalue weighted by Gasteiger charge is 2.22. The zero-order valence-corrected chi connectivity index (χ0v) is 12.0. The van der Waals surface area contributed by atoms with Crippen LogP contribution in [0.3, 0.4) is 0 Å². The Balaban J connectivity index is 1.62. The normalized spacial score (nSPS) is 15.6. The maximum absolute atomic E-state index is 11.5. The third-order valence-electron chi connectivity index (χ3n) is 3.75. The minimum absolute atomic E-state index is 0.181. The number of nitrogens with zero attached hydrogens (tertiary/aromatic N) is 2. The first kappa shape index (κ1) is 13.5. The molecule has 2 aromatic rings. The summed E-state index contributed by atoms with van der Waals surface area (Å²) < 4.78 is 0. The zero-order valence-electron chi connectivity index (χ0n) is 12.0. The van der Waals surface area contributed by atoms with Crippen LogP contribution in [0.5, 0.6) is 0 Å². The Morgan fingerprint density at radius 1 is 1.38 bits per heavy atom. The topological polar surface area (TPSA) is 61.0 Å². The summed E-state index contributed by atoms with van der Waals surface area (Å²) in [6.07, 6.45) is 1.82. The summed E-state index contributed by atoms with van der Waals surface area (Å²) in [4.78, 5) is 21.7. The van der Waals surface area contributed by atoms with Gasteiger partial charge in [0.2, 0.25) is 5.95 Å². The highest BCUT2D eigenvalue weighted by atomic mass is 16.1. The fourth-order valence-electron chi connectivity index (χ4n) is 2.66. The van der Waals surface area contributed by atoms with Crippen molar-refractivity contribution in [2.24, 2.45) is 0 Å². The number of para-hydroxylation sites is 2. The van der Waals surface area contributed by atoms with Crippen LogP contribution in [0.4, 0.5) is 5.95 Å². The lowest BCUT2D eigenvalue weighted by molar-refractivity contribution is -0.116. The molecule has 5 nitrogen and oxygen atoms in total. The highest BCUT2D eigenvalue weighted by molar-refractivity contribution is 5.93. The van der Waals surface area contributed by atoms with Crippen LogP contribution in [0.2, 0.25) is 0 Å². The van der Waals surface area contributed by atoms with E-state index < -0.39 is 0 Å². The molecular weight excluding hydrogens is 264 g/mol. The van der Waals surface area contributed by atoms with E-state index in [1.165, 1.54) is 0 Å². The van der Waals surface area contributed by atoms with Crippen LogP contribution >= 0.6 is 0 Å². The molecule has 1 aliphatic heterocycles. The molecule has 2 heterocycles. The highest BCUT2D eigenvalue weighted by Crippen LogP contribution is 2.20. The number of imidazole rings is 1. The number of aromatic nitrogens is 2. The molecule has 0 aliphatic carbocycles. The number of fused-ring (bicyclic) bond motifs is 1. The number of nitrogens with one attached hydrogen (secondary N) is 2. The van der Waals surface area contributed by atoms with Gasteiger partial charge in [-0.1, -0.05) is 18.1 Å². The lowest BCUT2D eigenvalue weighted by Gasteiger charge is -2.31. The van der Waals surface area contributed by atoms with Gasteiger partial charge in [-0.15, -0.1) is 0 Å². The summed E-state index contributed by atoms with van der Waals surface area (Å²) >= 11 is 0. The van der Waals surface area contributed by atoms with Crippen molar-refractivity contribution in [2.45, 2.75) is 25.8 Å². The molecule has 1 aliphatic rings. The molecule has 21 heavy (non-hydrogen) atoms. The van der Waals surface area contributed by atoms with Crippen LogP contribution < -0.4 is 10.2 Å². The number of H-pyrrole nitrogens is 1. The molecule has 1 amide bonds. The molecule has 1 aromatic heterocycles. The minimum atomic E-state index is -0.181. The number of hydrogen-bond acceptors (Lipinski definition) is 3. The fourth-order valence-corrected chi connectivity index (χ4v) is 2.66. The van der Waals surface area contributed by atoms with Gasteiger partial charge in [-0.2, -0.15) is 0 Å². The number of carbonyl (C=O) groups is 1. The van der Waals surface area contributed by atoms with Gasteiger partial charge in [0.15, 0.2) is 0 Å². The Morgan fingerprint density at radius 2 is 2.14 bits per heavy atom. The SMILES string of the molecule is CC#CC(=O)NC1CCN(c2nc3ccccc3[nH]2)CC1.